The highest BCUT2D eigenvalue weighted by molar-refractivity contribution is 7.98. The quantitative estimate of drug-likeness (QED) is 0.00760. The molecular weight excluding hydrogens is 1120 g/mol. The van der Waals surface area contributed by atoms with Crippen LogP contribution in [0.15, 0.2) is 12.5 Å². The summed E-state index contributed by atoms with van der Waals surface area (Å²) < 4.78 is 0. The Labute approximate surface area is 494 Å². The summed E-state index contributed by atoms with van der Waals surface area (Å²) in [5.41, 5.74) is 13.6. The maximum atomic E-state index is 14.0. The molecule has 0 fully saturated rings. The zero-order chi connectivity index (χ0) is 63.5. The zero-order valence-electron chi connectivity index (χ0n) is 49.3. The van der Waals surface area contributed by atoms with E-state index in [9.17, 15) is 67.7 Å². The minimum atomic E-state index is -1.61. The van der Waals surface area contributed by atoms with Crippen molar-refractivity contribution in [2.24, 2.45) is 29.1 Å². The summed E-state index contributed by atoms with van der Waals surface area (Å²) in [6.07, 6.45) is 4.98. The summed E-state index contributed by atoms with van der Waals surface area (Å²) >= 11 is 1.37. The number of aromatic nitrogens is 2. The van der Waals surface area contributed by atoms with E-state index in [4.69, 9.17) is 22.7 Å². The van der Waals surface area contributed by atoms with Gasteiger partial charge in [0, 0.05) is 37.7 Å². The summed E-state index contributed by atoms with van der Waals surface area (Å²) in [5, 5.41) is 50.5. The molecule has 7 amide bonds. The van der Waals surface area contributed by atoms with Gasteiger partial charge in [0.25, 0.3) is 0 Å². The van der Waals surface area contributed by atoms with Gasteiger partial charge in [-0.2, -0.15) is 11.8 Å². The normalized spacial score (nSPS) is 14.5. The number of nitrogens with one attached hydrogen (secondary N) is 12. The van der Waals surface area contributed by atoms with Crippen LogP contribution in [-0.2, 0) is 64.0 Å². The highest BCUT2D eigenvalue weighted by Crippen LogP contribution is 2.13. The first-order valence-corrected chi connectivity index (χ1v) is 29.6. The number of carbonyl (C=O) groups excluding carboxylic acids is 11. The number of aliphatic hydroxyl groups is 1. The van der Waals surface area contributed by atoms with Crippen LogP contribution in [0, 0.1) is 17.2 Å². The number of hydrogen-bond donors (Lipinski definition) is 17. The minimum Gasteiger partial charge on any atom is -0.481 e. The van der Waals surface area contributed by atoms with Crippen LogP contribution in [0.4, 0.5) is 0 Å². The number of thioether (sulfide) groups is 1. The number of rotatable bonds is 47. The van der Waals surface area contributed by atoms with E-state index in [1.165, 1.54) is 31.2 Å². The number of guanidine groups is 1. The van der Waals surface area contributed by atoms with Gasteiger partial charge in [-0.25, -0.2) is 10.4 Å². The number of carboxylic acids is 1. The van der Waals surface area contributed by atoms with Crippen molar-refractivity contribution in [3.8, 4) is 0 Å². The molecule has 1 rings (SSSR count). The lowest BCUT2D eigenvalue weighted by molar-refractivity contribution is -0.140. The summed E-state index contributed by atoms with van der Waals surface area (Å²) in [6, 6.07) is -11.6. The van der Waals surface area contributed by atoms with Crippen LogP contribution in [0.5, 0.6) is 0 Å². The SMILES string of the molecule is CCNC(C)C(=O)C(=O)C(CCSC)NC(=O)[C@H](CCCNC(=N)N)NC(=O)C(CCC(=O)O)NC(=O)[C@H](CO)NC(=O)CCCCCCN[C@@H](CC(C)C)C(=O)C(=O)[C@H](Cc1cnc[nH]1)NC(=O)C(CC(N)=O)NC(=O)[C@H](CC(C)C)NN. The molecule has 0 bridgehead atoms. The van der Waals surface area contributed by atoms with Crippen molar-refractivity contribution in [2.75, 3.05) is 38.2 Å². The van der Waals surface area contributed by atoms with Gasteiger partial charge >= 0.3 is 5.97 Å². The van der Waals surface area contributed by atoms with Crippen molar-refractivity contribution in [1.82, 2.24) is 63.2 Å². The monoisotopic (exact) mass is 1210 g/mol. The van der Waals surface area contributed by atoms with E-state index in [0.717, 1.165) is 0 Å². The molecule has 31 heteroatoms. The largest absolute Gasteiger partial charge is 0.481 e. The molecule has 0 radical (unpaired) electrons. The van der Waals surface area contributed by atoms with Crippen molar-refractivity contribution in [3.63, 3.8) is 0 Å². The molecule has 0 aromatic carbocycles. The van der Waals surface area contributed by atoms with Gasteiger partial charge in [-0.1, -0.05) is 47.5 Å². The Morgan fingerprint density at radius 3 is 1.70 bits per heavy atom. The van der Waals surface area contributed by atoms with Gasteiger partial charge in [0.1, 0.15) is 30.2 Å². The third kappa shape index (κ3) is 30.1. The number of nitrogens with two attached hydrogens (primary N) is 3. The molecule has 0 spiro atoms. The minimum absolute atomic E-state index is 0.0288. The predicted molar refractivity (Wildman–Crippen MR) is 312 cm³/mol. The highest BCUT2D eigenvalue weighted by Gasteiger charge is 2.37. The molecule has 20 N–H and O–H groups in total. The van der Waals surface area contributed by atoms with Crippen LogP contribution < -0.4 is 70.6 Å². The zero-order valence-corrected chi connectivity index (χ0v) is 50.1. The van der Waals surface area contributed by atoms with Gasteiger partial charge in [0.05, 0.1) is 43.5 Å². The number of likely N-dealkylation sites (N-methyl/N-ethyl adjacent to an activating group) is 1. The summed E-state index contributed by atoms with van der Waals surface area (Å²) in [6.45, 7) is 10.5. The second kappa shape index (κ2) is 41.1. The Balaban J connectivity index is 3.07. The topological polar surface area (TPSA) is 496 Å². The van der Waals surface area contributed by atoms with Crippen LogP contribution in [0.1, 0.15) is 131 Å². The Bertz CT molecular complexity index is 2330. The third-order valence-corrected chi connectivity index (χ3v) is 13.6. The summed E-state index contributed by atoms with van der Waals surface area (Å²) in [4.78, 5) is 166. The number of hydrazine groups is 1. The molecule has 0 aliphatic rings. The van der Waals surface area contributed by atoms with Gasteiger partial charge < -0.3 is 74.5 Å². The number of H-pyrrole nitrogens is 1. The van der Waals surface area contributed by atoms with Gasteiger partial charge in [0.15, 0.2) is 5.96 Å². The molecule has 4 unspecified atom stereocenters. The number of aliphatic hydroxyl groups excluding tert-OH is 1. The van der Waals surface area contributed by atoms with E-state index in [1.807, 2.05) is 27.7 Å². The lowest BCUT2D eigenvalue weighted by atomic mass is 9.93. The first kappa shape index (κ1) is 75.1. The number of amides is 7. The van der Waals surface area contributed by atoms with Crippen LogP contribution in [0.2, 0.25) is 0 Å². The van der Waals surface area contributed by atoms with E-state index in [0.29, 0.717) is 50.1 Å². The third-order valence-electron chi connectivity index (χ3n) is 13.0. The van der Waals surface area contributed by atoms with E-state index < -0.39 is 151 Å². The molecule has 30 nitrogen and oxygen atoms in total. The number of nitrogens with zero attached hydrogens (tertiary/aromatic N) is 1. The first-order chi connectivity index (χ1) is 39.7. The van der Waals surface area contributed by atoms with Gasteiger partial charge in [-0.3, -0.25) is 68.8 Å². The number of primary amides is 1. The Hall–Kier alpha value is -6.93. The maximum Gasteiger partial charge on any atom is 0.303 e. The maximum absolute atomic E-state index is 14.0. The fraction of sp³-hybridized carbons (Fsp3) is 0.698. The molecule has 0 saturated carbocycles. The van der Waals surface area contributed by atoms with E-state index in [-0.39, 0.29) is 69.4 Å². The fourth-order valence-corrected chi connectivity index (χ4v) is 9.01. The number of aliphatic carboxylic acids is 1. The number of imidazole rings is 1. The molecule has 9 atom stereocenters. The second-order valence-electron chi connectivity index (χ2n) is 21.1. The van der Waals surface area contributed by atoms with Crippen molar-refractivity contribution in [3.05, 3.63) is 18.2 Å². The molecule has 1 heterocycles. The molecular formula is C53H92N16O14S. The molecule has 0 saturated heterocycles. The van der Waals surface area contributed by atoms with E-state index in [1.54, 1.807) is 13.2 Å². The first-order valence-electron chi connectivity index (χ1n) is 28.2. The van der Waals surface area contributed by atoms with Crippen molar-refractivity contribution in [1.29, 1.82) is 5.41 Å². The van der Waals surface area contributed by atoms with Gasteiger partial charge in [-0.15, -0.1) is 0 Å². The van der Waals surface area contributed by atoms with E-state index >= 15 is 0 Å². The Morgan fingerprint density at radius 2 is 1.15 bits per heavy atom. The van der Waals surface area contributed by atoms with Crippen LogP contribution in [0.25, 0.3) is 0 Å². The van der Waals surface area contributed by atoms with E-state index in [2.05, 4.69) is 63.2 Å². The number of carboxylic acid groups (broad SMARTS) is 1. The Morgan fingerprint density at radius 1 is 0.619 bits per heavy atom. The molecule has 474 valence electrons. The van der Waals surface area contributed by atoms with Gasteiger partial charge in [-0.05, 0) is 95.2 Å². The molecule has 0 aliphatic carbocycles. The lowest BCUT2D eigenvalue weighted by Crippen LogP contribution is -2.59. The van der Waals surface area contributed by atoms with Gasteiger partial charge in [0.2, 0.25) is 64.5 Å². The predicted octanol–water partition coefficient (Wildman–Crippen LogP) is -3.28. The second-order valence-corrected chi connectivity index (χ2v) is 22.1. The molecule has 0 aliphatic heterocycles. The van der Waals surface area contributed by atoms with Crippen LogP contribution in [-0.4, -0.2) is 189 Å². The lowest BCUT2D eigenvalue weighted by Gasteiger charge is -2.26. The highest BCUT2D eigenvalue weighted by atomic mass is 32.2. The number of ketones is 4. The van der Waals surface area contributed by atoms with Crippen LogP contribution >= 0.6 is 11.8 Å². The Kier molecular flexibility index (Phi) is 36.8. The van der Waals surface area contributed by atoms with Crippen molar-refractivity contribution >= 4 is 88.2 Å². The summed E-state index contributed by atoms with van der Waals surface area (Å²) in [5.74, 6) is -5.27. The number of unbranched alkanes of at least 4 members (excludes halogenated alkanes) is 3. The number of carbonyl (C=O) groups is 12. The number of Topliss-reactive ketones (excluding diaryl/α,β-unsaturated/α-hetero) is 4. The molecule has 84 heavy (non-hydrogen) atoms. The number of hydrogen-bond acceptors (Lipinski definition) is 20. The standard InChI is InChI=1S/C53H92N16O14S/c1-8-59-31(6)44(75)45(76)33(18-21-84-7)64-48(79)34(14-13-20-61-53(55)56)65-49(80)35(16-17-43(73)74)66-52(83)40(27-70)63-42(72)15-11-9-10-12-19-60-36(22-29(2)3)46(77)47(78)37(24-32-26-58-28-62-32)67-50(81)38(25-41(54)71)68-51(82)39(69-57)23-30(4)5/h26,28-31,33-40,59-60,69-70H,8-25,27,57H2,1-7H3,(H2,54,71)(H,58,62)(H,63,72)(H,64,79)(H,65,80)(H,66,83)(H,67,81)(H,68,82)(H,73,74)(H4,55,56,61)/t31?,33?,34-,35?,36-,37-,38?,39-,40-/m0/s1. The summed E-state index contributed by atoms with van der Waals surface area (Å²) in [7, 11) is 0. The molecule has 1 aromatic heterocycles. The van der Waals surface area contributed by atoms with Crippen LogP contribution in [0.3, 0.4) is 0 Å². The molecule has 1 aromatic rings. The average molecular weight is 1210 g/mol. The average Bonchev–Trinajstić information content (AvgIpc) is 4.02. The smallest absolute Gasteiger partial charge is 0.303 e. The van der Waals surface area contributed by atoms with Crippen molar-refractivity contribution < 1.29 is 67.7 Å². The number of aromatic amines is 1. The van der Waals surface area contributed by atoms with Crippen molar-refractivity contribution in [2.45, 2.75) is 186 Å². The fourth-order valence-electron chi connectivity index (χ4n) is 8.54.